The van der Waals surface area contributed by atoms with E-state index in [4.69, 9.17) is 4.74 Å². The zero-order valence-corrected chi connectivity index (χ0v) is 12.5. The van der Waals surface area contributed by atoms with E-state index in [9.17, 15) is 5.11 Å². The lowest BCUT2D eigenvalue weighted by Gasteiger charge is -2.44. The lowest BCUT2D eigenvalue weighted by atomic mass is 9.72. The van der Waals surface area contributed by atoms with Gasteiger partial charge in [-0.05, 0) is 43.2 Å². The van der Waals surface area contributed by atoms with Crippen molar-refractivity contribution in [2.24, 2.45) is 5.92 Å². The first-order chi connectivity index (χ1) is 9.66. The van der Waals surface area contributed by atoms with Gasteiger partial charge in [-0.1, -0.05) is 25.8 Å². The van der Waals surface area contributed by atoms with E-state index in [1.165, 1.54) is 12.0 Å². The highest BCUT2D eigenvalue weighted by molar-refractivity contribution is 5.30. The molecule has 0 aliphatic heterocycles. The molecule has 1 aromatic rings. The number of hydrogen-bond acceptors (Lipinski definition) is 3. The van der Waals surface area contributed by atoms with Crippen molar-refractivity contribution in [3.05, 3.63) is 29.6 Å². The van der Waals surface area contributed by atoms with Gasteiger partial charge in [0.25, 0.3) is 0 Å². The van der Waals surface area contributed by atoms with E-state index < -0.39 is 6.10 Å². The minimum Gasteiger partial charge on any atom is -0.389 e. The number of pyridine rings is 1. The Morgan fingerprint density at radius 3 is 3.05 bits per heavy atom. The van der Waals surface area contributed by atoms with Crippen molar-refractivity contribution in [2.75, 3.05) is 7.11 Å². The molecule has 3 rings (SSSR count). The summed E-state index contributed by atoms with van der Waals surface area (Å²) in [6.07, 6.45) is 7.74. The summed E-state index contributed by atoms with van der Waals surface area (Å²) >= 11 is 0. The molecule has 2 aliphatic rings. The quantitative estimate of drug-likeness (QED) is 0.922. The molecule has 1 N–H and O–H groups in total. The van der Waals surface area contributed by atoms with Crippen molar-refractivity contribution < 1.29 is 9.84 Å². The lowest BCUT2D eigenvalue weighted by Crippen LogP contribution is -2.50. The molecule has 1 heterocycles. The molecule has 110 valence electrons. The van der Waals surface area contributed by atoms with E-state index in [0.717, 1.165) is 37.8 Å². The largest absolute Gasteiger partial charge is 0.389 e. The van der Waals surface area contributed by atoms with Gasteiger partial charge in [-0.2, -0.15) is 0 Å². The van der Waals surface area contributed by atoms with Crippen LogP contribution < -0.4 is 0 Å². The van der Waals surface area contributed by atoms with E-state index in [0.29, 0.717) is 5.92 Å². The summed E-state index contributed by atoms with van der Waals surface area (Å²) in [5.74, 6) is 0.763. The summed E-state index contributed by atoms with van der Waals surface area (Å²) in [5.41, 5.74) is 2.02. The number of nitrogens with zero attached hydrogens (tertiary/aromatic N) is 1. The molecule has 1 fully saturated rings. The summed E-state index contributed by atoms with van der Waals surface area (Å²) in [6.45, 7) is 2.26. The van der Waals surface area contributed by atoms with Gasteiger partial charge in [-0.3, -0.25) is 4.98 Å². The molecule has 1 saturated carbocycles. The Balaban J connectivity index is 1.86. The number of ether oxygens (including phenoxy) is 1. The number of aromatic nitrogens is 1. The summed E-state index contributed by atoms with van der Waals surface area (Å²) in [7, 11) is 1.76. The maximum absolute atomic E-state index is 11.0. The highest BCUT2D eigenvalue weighted by Gasteiger charge is 2.47. The molecular weight excluding hydrogens is 250 g/mol. The third-order valence-corrected chi connectivity index (χ3v) is 5.32. The Hall–Kier alpha value is -0.930. The van der Waals surface area contributed by atoms with Gasteiger partial charge in [-0.25, -0.2) is 0 Å². The van der Waals surface area contributed by atoms with Gasteiger partial charge >= 0.3 is 0 Å². The molecule has 3 nitrogen and oxygen atoms in total. The zero-order chi connectivity index (χ0) is 14.2. The number of hydrogen-bond donors (Lipinski definition) is 1. The minimum absolute atomic E-state index is 0.136. The second kappa shape index (κ2) is 5.45. The maximum atomic E-state index is 11.0. The number of aliphatic hydroxyl groups is 1. The summed E-state index contributed by atoms with van der Waals surface area (Å²) in [6, 6.07) is 4.13. The van der Waals surface area contributed by atoms with Gasteiger partial charge in [0.1, 0.15) is 0 Å². The predicted molar refractivity (Wildman–Crippen MR) is 78.7 cm³/mol. The normalized spacial score (nSPS) is 34.8. The molecule has 1 aromatic heterocycles. The van der Waals surface area contributed by atoms with E-state index in [2.05, 4.69) is 18.0 Å². The number of fused-ring (bicyclic) bond motifs is 1. The highest BCUT2D eigenvalue weighted by atomic mass is 16.5. The molecule has 2 aliphatic carbocycles. The Bertz CT molecular complexity index is 476. The highest BCUT2D eigenvalue weighted by Crippen LogP contribution is 2.45. The average Bonchev–Trinajstić information content (AvgIpc) is 2.90. The first-order valence-electron chi connectivity index (χ1n) is 7.83. The number of aliphatic hydroxyl groups excluding tert-OH is 1. The topological polar surface area (TPSA) is 42.4 Å². The predicted octanol–water partition coefficient (Wildman–Crippen LogP) is 3.07. The van der Waals surface area contributed by atoms with Gasteiger partial charge in [0, 0.05) is 24.9 Å². The summed E-state index contributed by atoms with van der Waals surface area (Å²) < 4.78 is 5.86. The van der Waals surface area contributed by atoms with Crippen LogP contribution in [0.2, 0.25) is 0 Å². The molecule has 3 heteroatoms. The van der Waals surface area contributed by atoms with Gasteiger partial charge in [0.15, 0.2) is 0 Å². The van der Waals surface area contributed by atoms with Gasteiger partial charge in [0.2, 0.25) is 0 Å². The van der Waals surface area contributed by atoms with Gasteiger partial charge in [0.05, 0.1) is 11.7 Å². The van der Waals surface area contributed by atoms with Crippen molar-refractivity contribution in [1.29, 1.82) is 0 Å². The monoisotopic (exact) mass is 275 g/mol. The van der Waals surface area contributed by atoms with Crippen LogP contribution in [0, 0.1) is 5.92 Å². The standard InChI is InChI=1S/C17H25NO2/c1-12-5-3-9-17(11-12,20-2)16(19)14-8-7-13-6-4-10-18-15(13)14/h4,6,10,12,14,16,19H,3,5,7-9,11H2,1-2H3. The van der Waals surface area contributed by atoms with Crippen molar-refractivity contribution >= 4 is 0 Å². The number of methoxy groups -OCH3 is 1. The fourth-order valence-electron chi connectivity index (χ4n) is 4.24. The fourth-order valence-corrected chi connectivity index (χ4v) is 4.24. The average molecular weight is 275 g/mol. The molecule has 0 amide bonds. The van der Waals surface area contributed by atoms with Crippen LogP contribution >= 0.6 is 0 Å². The maximum Gasteiger partial charge on any atom is 0.0945 e. The van der Waals surface area contributed by atoms with Gasteiger partial charge in [-0.15, -0.1) is 0 Å². The number of aryl methyl sites for hydroxylation is 1. The third-order valence-electron chi connectivity index (χ3n) is 5.32. The van der Waals surface area contributed by atoms with E-state index in [1.807, 2.05) is 12.3 Å². The van der Waals surface area contributed by atoms with Crippen LogP contribution in [0.25, 0.3) is 0 Å². The molecule has 0 radical (unpaired) electrons. The van der Waals surface area contributed by atoms with Crippen molar-refractivity contribution in [1.82, 2.24) is 4.98 Å². The Morgan fingerprint density at radius 1 is 1.45 bits per heavy atom. The van der Waals surface area contributed by atoms with Gasteiger partial charge < -0.3 is 9.84 Å². The summed E-state index contributed by atoms with van der Waals surface area (Å²) in [4.78, 5) is 4.53. The molecule has 0 saturated heterocycles. The van der Waals surface area contributed by atoms with Crippen LogP contribution in [-0.2, 0) is 11.2 Å². The van der Waals surface area contributed by atoms with Crippen molar-refractivity contribution in [3.8, 4) is 0 Å². The van der Waals surface area contributed by atoms with Crippen LogP contribution in [0.4, 0.5) is 0 Å². The van der Waals surface area contributed by atoms with Crippen LogP contribution in [0.15, 0.2) is 18.3 Å². The molecule has 0 spiro atoms. The van der Waals surface area contributed by atoms with Crippen molar-refractivity contribution in [3.63, 3.8) is 0 Å². The molecule has 0 aromatic carbocycles. The van der Waals surface area contributed by atoms with E-state index in [-0.39, 0.29) is 11.5 Å². The molecular formula is C17H25NO2. The smallest absolute Gasteiger partial charge is 0.0945 e. The number of rotatable bonds is 3. The molecule has 4 atom stereocenters. The molecule has 0 bridgehead atoms. The minimum atomic E-state index is -0.439. The van der Waals surface area contributed by atoms with Crippen LogP contribution in [0.3, 0.4) is 0 Å². The first kappa shape index (κ1) is 14.0. The van der Waals surface area contributed by atoms with Crippen molar-refractivity contribution in [2.45, 2.75) is 63.1 Å². The Morgan fingerprint density at radius 2 is 2.30 bits per heavy atom. The second-order valence-corrected chi connectivity index (χ2v) is 6.61. The Kier molecular flexibility index (Phi) is 3.83. The SMILES string of the molecule is COC1(C(O)C2CCc3cccnc32)CCCC(C)C1. The van der Waals surface area contributed by atoms with Crippen LogP contribution in [-0.4, -0.2) is 28.9 Å². The first-order valence-corrected chi connectivity index (χ1v) is 7.83. The van der Waals surface area contributed by atoms with E-state index in [1.54, 1.807) is 7.11 Å². The van der Waals surface area contributed by atoms with Crippen LogP contribution in [0.5, 0.6) is 0 Å². The third kappa shape index (κ3) is 2.27. The zero-order valence-electron chi connectivity index (χ0n) is 12.5. The van der Waals surface area contributed by atoms with Crippen LogP contribution in [0.1, 0.15) is 56.2 Å². The summed E-state index contributed by atoms with van der Waals surface area (Å²) in [5, 5.41) is 11.0. The second-order valence-electron chi connectivity index (χ2n) is 6.61. The molecule has 4 unspecified atom stereocenters. The lowest BCUT2D eigenvalue weighted by molar-refractivity contribution is -0.140. The Labute approximate surface area is 121 Å². The molecule has 20 heavy (non-hydrogen) atoms. The fraction of sp³-hybridized carbons (Fsp3) is 0.706. The van der Waals surface area contributed by atoms with E-state index >= 15 is 0 Å².